The fraction of sp³-hybridized carbons (Fsp3) is 0.500. The fourth-order valence-corrected chi connectivity index (χ4v) is 5.09. The van der Waals surface area contributed by atoms with Crippen LogP contribution in [0.1, 0.15) is 32.6 Å². The van der Waals surface area contributed by atoms with Crippen molar-refractivity contribution in [3.05, 3.63) is 42.5 Å². The molecule has 1 unspecified atom stereocenters. The number of likely N-dealkylation sites (N-methyl/N-ethyl adjacent to an activating group) is 1. The van der Waals surface area contributed by atoms with Crippen LogP contribution in [0.5, 0.6) is 0 Å². The van der Waals surface area contributed by atoms with Crippen molar-refractivity contribution in [3.8, 4) is 0 Å². The van der Waals surface area contributed by atoms with Crippen LogP contribution in [0.4, 0.5) is 0 Å². The van der Waals surface area contributed by atoms with Gasteiger partial charge in [-0.3, -0.25) is 0 Å². The fourth-order valence-electron chi connectivity index (χ4n) is 3.63. The van der Waals surface area contributed by atoms with Crippen molar-refractivity contribution >= 4 is 20.8 Å². The summed E-state index contributed by atoms with van der Waals surface area (Å²) in [6.45, 7) is 5.06. The minimum absolute atomic E-state index is 0.00886. The zero-order valence-electron chi connectivity index (χ0n) is 15.2. The van der Waals surface area contributed by atoms with Crippen molar-refractivity contribution in [3.63, 3.8) is 0 Å². The van der Waals surface area contributed by atoms with Gasteiger partial charge in [-0.15, -0.1) is 0 Å². The monoisotopic (exact) mass is 360 g/mol. The Morgan fingerprint density at radius 1 is 1.04 bits per heavy atom. The Morgan fingerprint density at radius 3 is 2.40 bits per heavy atom. The second-order valence-corrected chi connectivity index (χ2v) is 8.95. The van der Waals surface area contributed by atoms with Crippen LogP contribution in [-0.4, -0.2) is 50.3 Å². The zero-order valence-corrected chi connectivity index (χ0v) is 16.0. The van der Waals surface area contributed by atoms with Gasteiger partial charge in [-0.25, -0.2) is 8.42 Å². The van der Waals surface area contributed by atoms with Crippen LogP contribution >= 0.6 is 0 Å². The van der Waals surface area contributed by atoms with Gasteiger partial charge in [0.05, 0.1) is 4.90 Å². The summed E-state index contributed by atoms with van der Waals surface area (Å²) in [5.41, 5.74) is 0. The summed E-state index contributed by atoms with van der Waals surface area (Å²) >= 11 is 0. The SMILES string of the molecule is CCC(CN1CCCCC1)N(C)S(=O)(=O)c1ccc2ccccc2c1. The van der Waals surface area contributed by atoms with E-state index in [4.69, 9.17) is 0 Å². The Kier molecular flexibility index (Phi) is 5.77. The van der Waals surface area contributed by atoms with E-state index >= 15 is 0 Å². The van der Waals surface area contributed by atoms with Crippen molar-refractivity contribution in [1.82, 2.24) is 9.21 Å². The quantitative estimate of drug-likeness (QED) is 0.788. The van der Waals surface area contributed by atoms with E-state index in [0.29, 0.717) is 4.90 Å². The Balaban J connectivity index is 1.82. The third-order valence-electron chi connectivity index (χ3n) is 5.30. The third kappa shape index (κ3) is 4.05. The maximum atomic E-state index is 13.1. The first kappa shape index (κ1) is 18.4. The average Bonchev–Trinajstić information content (AvgIpc) is 2.66. The van der Waals surface area contributed by atoms with Crippen molar-refractivity contribution in [1.29, 1.82) is 0 Å². The van der Waals surface area contributed by atoms with Crippen molar-refractivity contribution in [2.75, 3.05) is 26.7 Å². The molecule has 4 nitrogen and oxygen atoms in total. The summed E-state index contributed by atoms with van der Waals surface area (Å²) in [4.78, 5) is 2.79. The zero-order chi connectivity index (χ0) is 17.9. The summed E-state index contributed by atoms with van der Waals surface area (Å²) in [5.74, 6) is 0. The number of hydrogen-bond acceptors (Lipinski definition) is 3. The average molecular weight is 361 g/mol. The van der Waals surface area contributed by atoms with E-state index in [-0.39, 0.29) is 6.04 Å². The number of sulfonamides is 1. The van der Waals surface area contributed by atoms with Gasteiger partial charge in [-0.05, 0) is 55.3 Å². The van der Waals surface area contributed by atoms with Crippen LogP contribution < -0.4 is 0 Å². The van der Waals surface area contributed by atoms with Gasteiger partial charge in [0, 0.05) is 19.6 Å². The van der Waals surface area contributed by atoms with Gasteiger partial charge in [0.15, 0.2) is 0 Å². The van der Waals surface area contributed by atoms with Gasteiger partial charge >= 0.3 is 0 Å². The lowest BCUT2D eigenvalue weighted by Gasteiger charge is -2.34. The number of rotatable bonds is 6. The topological polar surface area (TPSA) is 40.6 Å². The molecule has 136 valence electrons. The highest BCUT2D eigenvalue weighted by molar-refractivity contribution is 7.89. The largest absolute Gasteiger partial charge is 0.302 e. The molecule has 3 rings (SSSR count). The molecular weight excluding hydrogens is 332 g/mol. The van der Waals surface area contributed by atoms with Gasteiger partial charge in [-0.2, -0.15) is 4.31 Å². The van der Waals surface area contributed by atoms with Crippen LogP contribution in [0.15, 0.2) is 47.4 Å². The molecule has 1 aliphatic heterocycles. The molecule has 1 aliphatic rings. The van der Waals surface area contributed by atoms with E-state index in [0.717, 1.165) is 36.8 Å². The van der Waals surface area contributed by atoms with Crippen LogP contribution in [0, 0.1) is 0 Å². The highest BCUT2D eigenvalue weighted by Gasteiger charge is 2.28. The van der Waals surface area contributed by atoms with Crippen LogP contribution in [0.25, 0.3) is 10.8 Å². The van der Waals surface area contributed by atoms with Crippen LogP contribution in [0.2, 0.25) is 0 Å². The summed E-state index contributed by atoms with van der Waals surface area (Å²) in [6.07, 6.45) is 4.55. The van der Waals surface area contributed by atoms with E-state index in [1.807, 2.05) is 30.3 Å². The number of likely N-dealkylation sites (tertiary alicyclic amines) is 1. The van der Waals surface area contributed by atoms with Gasteiger partial charge < -0.3 is 4.90 Å². The summed E-state index contributed by atoms with van der Waals surface area (Å²) in [5, 5.41) is 2.02. The number of piperidine rings is 1. The molecule has 0 N–H and O–H groups in total. The minimum Gasteiger partial charge on any atom is -0.302 e. The van der Waals surface area contributed by atoms with Crippen LogP contribution in [0.3, 0.4) is 0 Å². The number of nitrogens with zero attached hydrogens (tertiary/aromatic N) is 2. The Morgan fingerprint density at radius 2 is 1.72 bits per heavy atom. The molecule has 0 aromatic heterocycles. The lowest BCUT2D eigenvalue weighted by atomic mass is 10.1. The van der Waals surface area contributed by atoms with Crippen molar-refractivity contribution in [2.45, 2.75) is 43.5 Å². The van der Waals surface area contributed by atoms with E-state index in [1.54, 1.807) is 23.5 Å². The molecule has 1 saturated heterocycles. The van der Waals surface area contributed by atoms with Gasteiger partial charge in [-0.1, -0.05) is 43.7 Å². The molecule has 0 amide bonds. The maximum Gasteiger partial charge on any atom is 0.243 e. The number of hydrogen-bond donors (Lipinski definition) is 0. The maximum absolute atomic E-state index is 13.1. The first-order chi connectivity index (χ1) is 12.0. The van der Waals surface area contributed by atoms with E-state index in [9.17, 15) is 8.42 Å². The smallest absolute Gasteiger partial charge is 0.243 e. The van der Waals surface area contributed by atoms with E-state index < -0.39 is 10.0 Å². The highest BCUT2D eigenvalue weighted by atomic mass is 32.2. The molecule has 2 aromatic carbocycles. The molecule has 25 heavy (non-hydrogen) atoms. The molecule has 0 radical (unpaired) electrons. The first-order valence-corrected chi connectivity index (χ1v) is 10.7. The summed E-state index contributed by atoms with van der Waals surface area (Å²) < 4.78 is 27.8. The second kappa shape index (κ2) is 7.85. The number of benzene rings is 2. The molecule has 1 atom stereocenters. The summed E-state index contributed by atoms with van der Waals surface area (Å²) in [6, 6.07) is 13.3. The second-order valence-electron chi connectivity index (χ2n) is 6.95. The van der Waals surface area contributed by atoms with Crippen molar-refractivity contribution in [2.24, 2.45) is 0 Å². The molecule has 0 bridgehead atoms. The van der Waals surface area contributed by atoms with Crippen LogP contribution in [-0.2, 0) is 10.0 Å². The Hall–Kier alpha value is -1.43. The standard InChI is InChI=1S/C20H28N2O2S/c1-3-19(16-22-13-7-4-8-14-22)21(2)25(23,24)20-12-11-17-9-5-6-10-18(17)15-20/h5-6,9-12,15,19H,3-4,7-8,13-14,16H2,1-2H3. The lowest BCUT2D eigenvalue weighted by molar-refractivity contribution is 0.180. The third-order valence-corrected chi connectivity index (χ3v) is 7.21. The predicted octanol–water partition coefficient (Wildman–Crippen LogP) is 3.72. The highest BCUT2D eigenvalue weighted by Crippen LogP contribution is 2.23. The molecule has 0 spiro atoms. The number of fused-ring (bicyclic) bond motifs is 1. The first-order valence-electron chi connectivity index (χ1n) is 9.21. The summed E-state index contributed by atoms with van der Waals surface area (Å²) in [7, 11) is -1.76. The molecule has 1 fully saturated rings. The molecule has 0 aliphatic carbocycles. The van der Waals surface area contributed by atoms with E-state index in [1.165, 1.54) is 19.3 Å². The molecule has 0 saturated carbocycles. The molecule has 2 aromatic rings. The Labute approximate surface area is 151 Å². The minimum atomic E-state index is -3.49. The molecular formula is C20H28N2O2S. The molecule has 5 heteroatoms. The predicted molar refractivity (Wildman–Crippen MR) is 103 cm³/mol. The lowest BCUT2D eigenvalue weighted by Crippen LogP contribution is -2.45. The van der Waals surface area contributed by atoms with Gasteiger partial charge in [0.1, 0.15) is 0 Å². The normalized spacial score (nSPS) is 17.9. The molecule has 1 heterocycles. The Bertz CT molecular complexity index is 813. The van der Waals surface area contributed by atoms with Crippen molar-refractivity contribution < 1.29 is 8.42 Å². The van der Waals surface area contributed by atoms with Gasteiger partial charge in [0.2, 0.25) is 10.0 Å². The van der Waals surface area contributed by atoms with Gasteiger partial charge in [0.25, 0.3) is 0 Å². The van der Waals surface area contributed by atoms with E-state index in [2.05, 4.69) is 11.8 Å².